The van der Waals surface area contributed by atoms with Crippen LogP contribution in [0.15, 0.2) is 21.6 Å². The van der Waals surface area contributed by atoms with E-state index in [4.69, 9.17) is 15.2 Å². The first-order valence-electron chi connectivity index (χ1n) is 5.70. The molecule has 0 radical (unpaired) electrons. The van der Waals surface area contributed by atoms with Gasteiger partial charge in [0.2, 0.25) is 6.79 Å². The number of fused-ring (bicyclic) bond motifs is 1. The molecule has 18 heavy (non-hydrogen) atoms. The van der Waals surface area contributed by atoms with Crippen LogP contribution in [0.3, 0.4) is 0 Å². The summed E-state index contributed by atoms with van der Waals surface area (Å²) < 4.78 is 11.5. The second-order valence-electron chi connectivity index (χ2n) is 4.31. The smallest absolute Gasteiger partial charge is 0.231 e. The summed E-state index contributed by atoms with van der Waals surface area (Å²) in [6.45, 7) is 4.79. The number of nitrogens with zero attached hydrogens (tertiary/aromatic N) is 1. The summed E-state index contributed by atoms with van der Waals surface area (Å²) in [6.07, 6.45) is 0. The molecule has 0 bridgehead atoms. The number of benzene rings is 1. The van der Waals surface area contributed by atoms with E-state index in [1.165, 1.54) is 0 Å². The lowest BCUT2D eigenvalue weighted by Gasteiger charge is -2.08. The second-order valence-corrected chi connectivity index (χ2v) is 5.17. The maximum atomic E-state index is 5.74. The van der Waals surface area contributed by atoms with E-state index in [-0.39, 0.29) is 12.8 Å². The zero-order valence-corrected chi connectivity index (χ0v) is 12.0. The molecule has 0 atom stereocenters. The van der Waals surface area contributed by atoms with Gasteiger partial charge >= 0.3 is 0 Å². The molecule has 5 nitrogen and oxygen atoms in total. The van der Waals surface area contributed by atoms with Crippen LogP contribution < -0.4 is 20.5 Å². The molecule has 0 aromatic heterocycles. The van der Waals surface area contributed by atoms with Crippen LogP contribution in [0.25, 0.3) is 0 Å². The molecule has 0 spiro atoms. The molecular formula is C12H16BrN3O2. The summed E-state index contributed by atoms with van der Waals surface area (Å²) in [6, 6.07) is 4.15. The quantitative estimate of drug-likeness (QED) is 0.661. The molecule has 1 heterocycles. The van der Waals surface area contributed by atoms with Crippen LogP contribution in [0, 0.1) is 0 Å². The van der Waals surface area contributed by atoms with Gasteiger partial charge in [0.15, 0.2) is 17.5 Å². The molecule has 0 saturated heterocycles. The number of halogens is 1. The highest BCUT2D eigenvalue weighted by atomic mass is 79.9. The van der Waals surface area contributed by atoms with Gasteiger partial charge < -0.3 is 20.5 Å². The van der Waals surface area contributed by atoms with Crippen molar-refractivity contribution in [3.8, 4) is 11.5 Å². The second kappa shape index (κ2) is 5.48. The summed E-state index contributed by atoms with van der Waals surface area (Å²) in [5, 5.41) is 3.04. The third-order valence-corrected chi connectivity index (χ3v) is 2.94. The number of guanidine groups is 1. The van der Waals surface area contributed by atoms with Gasteiger partial charge in [-0.15, -0.1) is 0 Å². The SMILES string of the molecule is CC(C)NC(N)=NCc1cc(Br)c2c(c1)OCO2. The number of hydrogen-bond acceptors (Lipinski definition) is 3. The van der Waals surface area contributed by atoms with E-state index in [9.17, 15) is 0 Å². The van der Waals surface area contributed by atoms with Gasteiger partial charge in [0, 0.05) is 6.04 Å². The normalized spacial score (nSPS) is 14.1. The Balaban J connectivity index is 2.09. The van der Waals surface area contributed by atoms with Crippen LogP contribution >= 0.6 is 15.9 Å². The first-order chi connectivity index (χ1) is 8.56. The number of rotatable bonds is 3. The standard InChI is InChI=1S/C12H16BrN3O2/c1-7(2)16-12(14)15-5-8-3-9(13)11-10(4-8)17-6-18-11/h3-4,7H,5-6H2,1-2H3,(H3,14,15,16). The largest absolute Gasteiger partial charge is 0.454 e. The number of nitrogens with one attached hydrogen (secondary N) is 1. The fourth-order valence-electron chi connectivity index (χ4n) is 1.63. The van der Waals surface area contributed by atoms with Crippen molar-refractivity contribution in [3.63, 3.8) is 0 Å². The molecule has 0 unspecified atom stereocenters. The fraction of sp³-hybridized carbons (Fsp3) is 0.417. The van der Waals surface area contributed by atoms with Crippen molar-refractivity contribution in [1.82, 2.24) is 5.32 Å². The maximum Gasteiger partial charge on any atom is 0.231 e. The van der Waals surface area contributed by atoms with Gasteiger partial charge in [0.05, 0.1) is 11.0 Å². The monoisotopic (exact) mass is 313 g/mol. The van der Waals surface area contributed by atoms with Crippen molar-refractivity contribution in [2.45, 2.75) is 26.4 Å². The van der Waals surface area contributed by atoms with E-state index in [1.807, 2.05) is 26.0 Å². The number of aliphatic imine (C=N–C) groups is 1. The Morgan fingerprint density at radius 3 is 3.00 bits per heavy atom. The lowest BCUT2D eigenvalue weighted by Crippen LogP contribution is -2.36. The molecule has 1 aliphatic rings. The van der Waals surface area contributed by atoms with E-state index in [1.54, 1.807) is 0 Å². The highest BCUT2D eigenvalue weighted by molar-refractivity contribution is 9.10. The van der Waals surface area contributed by atoms with Crippen LogP contribution in [-0.2, 0) is 6.54 Å². The van der Waals surface area contributed by atoms with E-state index in [2.05, 4.69) is 26.2 Å². The molecule has 1 aromatic carbocycles. The van der Waals surface area contributed by atoms with Gasteiger partial charge in [0.25, 0.3) is 0 Å². The van der Waals surface area contributed by atoms with Crippen LogP contribution in [0.1, 0.15) is 19.4 Å². The minimum absolute atomic E-state index is 0.262. The lowest BCUT2D eigenvalue weighted by molar-refractivity contribution is 0.173. The van der Waals surface area contributed by atoms with Gasteiger partial charge in [0.1, 0.15) is 0 Å². The third-order valence-electron chi connectivity index (χ3n) is 2.36. The van der Waals surface area contributed by atoms with Gasteiger partial charge in [-0.25, -0.2) is 4.99 Å². The molecule has 3 N–H and O–H groups in total. The van der Waals surface area contributed by atoms with Gasteiger partial charge in [-0.3, -0.25) is 0 Å². The van der Waals surface area contributed by atoms with E-state index >= 15 is 0 Å². The zero-order valence-electron chi connectivity index (χ0n) is 10.4. The molecule has 0 aliphatic carbocycles. The number of ether oxygens (including phenoxy) is 2. The first-order valence-corrected chi connectivity index (χ1v) is 6.50. The van der Waals surface area contributed by atoms with Crippen molar-refractivity contribution < 1.29 is 9.47 Å². The number of nitrogens with two attached hydrogens (primary N) is 1. The topological polar surface area (TPSA) is 68.9 Å². The summed E-state index contributed by atoms with van der Waals surface area (Å²) in [5.41, 5.74) is 6.76. The zero-order chi connectivity index (χ0) is 13.1. The van der Waals surface area contributed by atoms with Gasteiger partial charge in [-0.2, -0.15) is 0 Å². The minimum Gasteiger partial charge on any atom is -0.454 e. The van der Waals surface area contributed by atoms with Crippen molar-refractivity contribution >= 4 is 21.9 Å². The van der Waals surface area contributed by atoms with Crippen LogP contribution in [0.2, 0.25) is 0 Å². The highest BCUT2D eigenvalue weighted by Gasteiger charge is 2.17. The fourth-order valence-corrected chi connectivity index (χ4v) is 2.23. The predicted octanol–water partition coefficient (Wildman–Crippen LogP) is 1.99. The third kappa shape index (κ3) is 3.07. The predicted molar refractivity (Wildman–Crippen MR) is 73.9 cm³/mol. The van der Waals surface area contributed by atoms with Crippen LogP contribution in [0.4, 0.5) is 0 Å². The Morgan fingerprint density at radius 1 is 1.50 bits per heavy atom. The Hall–Kier alpha value is -1.43. The molecule has 0 amide bonds. The molecular weight excluding hydrogens is 298 g/mol. The molecule has 1 aliphatic heterocycles. The molecule has 0 fully saturated rings. The van der Waals surface area contributed by atoms with Crippen molar-refractivity contribution in [3.05, 3.63) is 22.2 Å². The highest BCUT2D eigenvalue weighted by Crippen LogP contribution is 2.40. The average molecular weight is 314 g/mol. The van der Waals surface area contributed by atoms with Crippen molar-refractivity contribution in [2.24, 2.45) is 10.7 Å². The summed E-state index contributed by atoms with van der Waals surface area (Å²) in [4.78, 5) is 4.27. The van der Waals surface area contributed by atoms with Crippen LogP contribution in [-0.4, -0.2) is 18.8 Å². The van der Waals surface area contributed by atoms with E-state index in [0.717, 1.165) is 21.5 Å². The van der Waals surface area contributed by atoms with Gasteiger partial charge in [-0.05, 0) is 47.5 Å². The summed E-state index contributed by atoms with van der Waals surface area (Å²) in [7, 11) is 0. The Morgan fingerprint density at radius 2 is 2.28 bits per heavy atom. The first kappa shape index (κ1) is 13.0. The Labute approximate surface area is 114 Å². The van der Waals surface area contributed by atoms with Crippen LogP contribution in [0.5, 0.6) is 11.5 Å². The Bertz CT molecular complexity index is 475. The minimum atomic E-state index is 0.262. The number of hydrogen-bond donors (Lipinski definition) is 2. The van der Waals surface area contributed by atoms with E-state index in [0.29, 0.717) is 12.5 Å². The molecule has 6 heteroatoms. The van der Waals surface area contributed by atoms with E-state index < -0.39 is 0 Å². The maximum absolute atomic E-state index is 5.74. The lowest BCUT2D eigenvalue weighted by atomic mass is 10.2. The summed E-state index contributed by atoms with van der Waals surface area (Å²) in [5.74, 6) is 1.93. The average Bonchev–Trinajstić information content (AvgIpc) is 2.74. The van der Waals surface area contributed by atoms with Gasteiger partial charge in [-0.1, -0.05) is 0 Å². The summed E-state index contributed by atoms with van der Waals surface area (Å²) >= 11 is 3.45. The molecule has 0 saturated carbocycles. The molecule has 98 valence electrons. The Kier molecular flexibility index (Phi) is 3.96. The van der Waals surface area contributed by atoms with Crippen molar-refractivity contribution in [1.29, 1.82) is 0 Å². The van der Waals surface area contributed by atoms with Crippen molar-refractivity contribution in [2.75, 3.05) is 6.79 Å². The molecule has 1 aromatic rings. The molecule has 2 rings (SSSR count).